The van der Waals surface area contributed by atoms with Crippen LogP contribution in [-0.2, 0) is 9.72 Å². The first-order valence-corrected chi connectivity index (χ1v) is 13.3. The van der Waals surface area contributed by atoms with Gasteiger partial charge in [-0.3, -0.25) is 4.57 Å². The first-order chi connectivity index (χ1) is 15.5. The van der Waals surface area contributed by atoms with Crippen molar-refractivity contribution >= 4 is 7.60 Å². The molecular weight excluding hydrogens is 415 g/mol. The van der Waals surface area contributed by atoms with Gasteiger partial charge in [0.2, 0.25) is 0 Å². The molecule has 0 radical (unpaired) electrons. The summed E-state index contributed by atoms with van der Waals surface area (Å²) < 4.78 is 13.5. The highest BCUT2D eigenvalue weighted by atomic mass is 31.2. The molecule has 0 amide bonds. The summed E-state index contributed by atoms with van der Waals surface area (Å²) in [6, 6.07) is 28.6. The zero-order chi connectivity index (χ0) is 22.9. The molecule has 2 N–H and O–H groups in total. The maximum atomic E-state index is 13.5. The molecule has 1 unspecified atom stereocenters. The summed E-state index contributed by atoms with van der Waals surface area (Å²) in [5, 5.41) is -1.44. The summed E-state index contributed by atoms with van der Waals surface area (Å²) in [6.07, 6.45) is 7.54. The number of unbranched alkanes of at least 4 members (excludes halogenated alkanes) is 5. The fraction of sp³-hybridized carbons (Fsp3) is 0.357. The fourth-order valence-electron chi connectivity index (χ4n) is 4.92. The van der Waals surface area contributed by atoms with Crippen molar-refractivity contribution in [1.82, 2.24) is 0 Å². The van der Waals surface area contributed by atoms with Crippen molar-refractivity contribution in [3.05, 3.63) is 108 Å². The monoisotopic (exact) mass is 450 g/mol. The molecule has 3 aromatic carbocycles. The quantitative estimate of drug-likeness (QED) is 0.220. The molecule has 0 spiro atoms. The average Bonchev–Trinajstić information content (AvgIpc) is 2.81. The van der Waals surface area contributed by atoms with Crippen molar-refractivity contribution in [2.45, 2.75) is 62.9 Å². The van der Waals surface area contributed by atoms with E-state index in [-0.39, 0.29) is 5.92 Å². The lowest BCUT2D eigenvalue weighted by Gasteiger charge is -2.42. The van der Waals surface area contributed by atoms with E-state index in [1.54, 1.807) is 0 Å². The van der Waals surface area contributed by atoms with Crippen LogP contribution in [0.25, 0.3) is 0 Å². The van der Waals surface area contributed by atoms with Crippen molar-refractivity contribution < 1.29 is 14.4 Å². The normalized spacial score (nSPS) is 13.1. The second kappa shape index (κ2) is 11.6. The smallest absolute Gasteiger partial charge is 0.324 e. The third-order valence-electron chi connectivity index (χ3n) is 6.44. The number of hydrogen-bond donors (Lipinski definition) is 2. The first-order valence-electron chi connectivity index (χ1n) is 11.7. The van der Waals surface area contributed by atoms with Gasteiger partial charge >= 0.3 is 7.60 Å². The Hall–Kier alpha value is -2.19. The van der Waals surface area contributed by atoms with Crippen LogP contribution in [0.2, 0.25) is 0 Å². The summed E-state index contributed by atoms with van der Waals surface area (Å²) in [5.74, 6) is -0.347. The van der Waals surface area contributed by atoms with Gasteiger partial charge in [0.25, 0.3) is 0 Å². The van der Waals surface area contributed by atoms with Gasteiger partial charge in [0.15, 0.2) is 0 Å². The molecule has 0 aliphatic rings. The van der Waals surface area contributed by atoms with Gasteiger partial charge in [0.05, 0.1) is 0 Å². The summed E-state index contributed by atoms with van der Waals surface area (Å²) in [6.45, 7) is 2.21. The molecule has 170 valence electrons. The van der Waals surface area contributed by atoms with E-state index in [2.05, 4.69) is 6.92 Å². The van der Waals surface area contributed by atoms with Crippen LogP contribution in [-0.4, -0.2) is 9.79 Å². The van der Waals surface area contributed by atoms with Crippen molar-refractivity contribution in [3.63, 3.8) is 0 Å². The highest BCUT2D eigenvalue weighted by molar-refractivity contribution is 7.53. The lowest BCUT2D eigenvalue weighted by molar-refractivity contribution is 0.314. The molecule has 1 atom stereocenters. The predicted molar refractivity (Wildman–Crippen MR) is 133 cm³/mol. The maximum absolute atomic E-state index is 13.5. The molecule has 4 heteroatoms. The van der Waals surface area contributed by atoms with E-state index < -0.39 is 12.8 Å². The second-order valence-corrected chi connectivity index (χ2v) is 10.4. The van der Waals surface area contributed by atoms with E-state index in [1.165, 1.54) is 19.3 Å². The van der Waals surface area contributed by atoms with E-state index >= 15 is 0 Å². The summed E-state index contributed by atoms with van der Waals surface area (Å²) in [4.78, 5) is 22.1. The molecule has 0 aliphatic carbocycles. The largest absolute Gasteiger partial charge is 0.341 e. The van der Waals surface area contributed by atoms with E-state index in [9.17, 15) is 14.4 Å². The molecule has 3 rings (SSSR count). The predicted octanol–water partition coefficient (Wildman–Crippen LogP) is 7.64. The Kier molecular flexibility index (Phi) is 8.87. The highest BCUT2D eigenvalue weighted by Gasteiger charge is 2.55. The van der Waals surface area contributed by atoms with Gasteiger partial charge in [0, 0.05) is 5.92 Å². The highest BCUT2D eigenvalue weighted by Crippen LogP contribution is 2.67. The number of rotatable bonds is 12. The molecule has 0 fully saturated rings. The van der Waals surface area contributed by atoms with Crippen LogP contribution < -0.4 is 0 Å². The van der Waals surface area contributed by atoms with Gasteiger partial charge in [-0.15, -0.1) is 0 Å². The van der Waals surface area contributed by atoms with Crippen molar-refractivity contribution in [2.75, 3.05) is 0 Å². The lowest BCUT2D eigenvalue weighted by atomic mass is 9.73. The summed E-state index contributed by atoms with van der Waals surface area (Å²) >= 11 is 0. The molecule has 3 aromatic rings. The molecule has 0 aliphatic heterocycles. The van der Waals surface area contributed by atoms with Gasteiger partial charge in [-0.1, -0.05) is 136 Å². The Morgan fingerprint density at radius 2 is 1.12 bits per heavy atom. The van der Waals surface area contributed by atoms with Crippen LogP contribution in [0.5, 0.6) is 0 Å². The van der Waals surface area contributed by atoms with E-state index in [0.717, 1.165) is 24.8 Å². The van der Waals surface area contributed by atoms with Crippen LogP contribution in [0.15, 0.2) is 91.0 Å². The van der Waals surface area contributed by atoms with E-state index in [0.29, 0.717) is 17.5 Å². The minimum atomic E-state index is -4.64. The van der Waals surface area contributed by atoms with Gasteiger partial charge in [0.1, 0.15) is 5.16 Å². The lowest BCUT2D eigenvalue weighted by Crippen LogP contribution is -2.35. The molecular formula is C28H35O3P. The third kappa shape index (κ3) is 5.41. The average molecular weight is 451 g/mol. The maximum Gasteiger partial charge on any atom is 0.341 e. The van der Waals surface area contributed by atoms with E-state index in [1.807, 2.05) is 91.0 Å². The van der Waals surface area contributed by atoms with Crippen molar-refractivity contribution in [1.29, 1.82) is 0 Å². The van der Waals surface area contributed by atoms with Gasteiger partial charge in [-0.25, -0.2) is 0 Å². The number of hydrogen-bond acceptors (Lipinski definition) is 1. The summed E-state index contributed by atoms with van der Waals surface area (Å²) in [7, 11) is -4.64. The molecule has 0 heterocycles. The Bertz CT molecular complexity index is 928. The summed E-state index contributed by atoms with van der Waals surface area (Å²) in [5.41, 5.74) is 2.30. The second-order valence-electron chi connectivity index (χ2n) is 8.56. The van der Waals surface area contributed by atoms with Crippen molar-refractivity contribution in [2.24, 2.45) is 0 Å². The van der Waals surface area contributed by atoms with Gasteiger partial charge in [-0.05, 0) is 23.1 Å². The Labute approximate surface area is 192 Å². The van der Waals surface area contributed by atoms with Crippen LogP contribution >= 0.6 is 7.60 Å². The van der Waals surface area contributed by atoms with Crippen molar-refractivity contribution in [3.8, 4) is 0 Å². The van der Waals surface area contributed by atoms with Crippen LogP contribution in [0.1, 0.15) is 74.5 Å². The zero-order valence-electron chi connectivity index (χ0n) is 18.9. The molecule has 0 bridgehead atoms. The standard InChI is InChI=1S/C28H35O3P/c1-2-3-4-5-6-16-23-27(24-17-10-7-11-18-24)28(32(29,30)31,25-19-12-8-13-20-25)26-21-14-9-15-22-26/h7-15,17-22,27H,2-6,16,23H2,1H3,(H2,29,30,31). The molecule has 32 heavy (non-hydrogen) atoms. The van der Waals surface area contributed by atoms with Crippen LogP contribution in [0.3, 0.4) is 0 Å². The van der Waals surface area contributed by atoms with Crippen LogP contribution in [0, 0.1) is 0 Å². The third-order valence-corrected chi connectivity index (χ3v) is 8.19. The minimum absolute atomic E-state index is 0.347. The van der Waals surface area contributed by atoms with E-state index in [4.69, 9.17) is 0 Å². The SMILES string of the molecule is CCCCCCCCC(c1ccccc1)C(c1ccccc1)(c1ccccc1)P(=O)(O)O. The fourth-order valence-corrected chi connectivity index (χ4v) is 6.58. The molecule has 0 saturated heterocycles. The first kappa shape index (κ1) is 24.5. The molecule has 0 saturated carbocycles. The molecule has 0 aromatic heterocycles. The number of benzene rings is 3. The minimum Gasteiger partial charge on any atom is -0.324 e. The van der Waals surface area contributed by atoms with Gasteiger partial charge in [-0.2, -0.15) is 0 Å². The Morgan fingerprint density at radius 1 is 0.688 bits per heavy atom. The topological polar surface area (TPSA) is 57.5 Å². The Morgan fingerprint density at radius 3 is 1.59 bits per heavy atom. The molecule has 3 nitrogen and oxygen atoms in total. The zero-order valence-corrected chi connectivity index (χ0v) is 19.8. The van der Waals surface area contributed by atoms with Gasteiger partial charge < -0.3 is 9.79 Å². The van der Waals surface area contributed by atoms with Crippen LogP contribution in [0.4, 0.5) is 0 Å². The Balaban J connectivity index is 2.14.